The fourth-order valence-corrected chi connectivity index (χ4v) is 2.31. The van der Waals surface area contributed by atoms with E-state index in [4.69, 9.17) is 0 Å². The van der Waals surface area contributed by atoms with E-state index in [0.29, 0.717) is 5.75 Å². The zero-order valence-electron chi connectivity index (χ0n) is 10.8. The third kappa shape index (κ3) is 2.19. The molecule has 2 aromatic carbocycles. The highest BCUT2D eigenvalue weighted by Gasteiger charge is 2.11. The van der Waals surface area contributed by atoms with Gasteiger partial charge in [0.15, 0.2) is 0 Å². The molecule has 0 saturated carbocycles. The molecule has 2 nitrogen and oxygen atoms in total. The Bertz CT molecular complexity index is 559. The van der Waals surface area contributed by atoms with Gasteiger partial charge in [-0.2, -0.15) is 0 Å². The van der Waals surface area contributed by atoms with E-state index in [1.807, 2.05) is 19.1 Å². The summed E-state index contributed by atoms with van der Waals surface area (Å²) in [5.74, 6) is 0.548. The first-order valence-electron chi connectivity index (χ1n) is 6.30. The van der Waals surface area contributed by atoms with Crippen LogP contribution in [0.25, 0.3) is 11.1 Å². The standard InChI is InChI=1S/C16H18O2/c1-3-11-8-9-15(16(18)14(11)4-2)12-6-5-7-13(17)10-12/h5-10,17-18H,3-4H2,1-2H3. The van der Waals surface area contributed by atoms with Crippen molar-refractivity contribution < 1.29 is 10.2 Å². The molecular formula is C16H18O2. The van der Waals surface area contributed by atoms with Crippen LogP contribution in [0.4, 0.5) is 0 Å². The Balaban J connectivity index is 2.59. The molecule has 0 heterocycles. The normalized spacial score (nSPS) is 10.6. The predicted molar refractivity (Wildman–Crippen MR) is 74.0 cm³/mol. The van der Waals surface area contributed by atoms with Crippen LogP contribution in [0.3, 0.4) is 0 Å². The van der Waals surface area contributed by atoms with Crippen molar-refractivity contribution in [2.24, 2.45) is 0 Å². The maximum atomic E-state index is 10.4. The second-order valence-electron chi connectivity index (χ2n) is 4.36. The summed E-state index contributed by atoms with van der Waals surface area (Å²) in [4.78, 5) is 0. The molecule has 94 valence electrons. The number of aryl methyl sites for hydroxylation is 1. The molecule has 2 heteroatoms. The van der Waals surface area contributed by atoms with Crippen LogP contribution in [0.2, 0.25) is 0 Å². The van der Waals surface area contributed by atoms with Gasteiger partial charge < -0.3 is 10.2 Å². The molecule has 2 rings (SSSR count). The van der Waals surface area contributed by atoms with E-state index in [2.05, 4.69) is 13.0 Å². The number of phenolic OH excluding ortho intramolecular Hbond substituents is 2. The van der Waals surface area contributed by atoms with Gasteiger partial charge in [-0.1, -0.05) is 38.1 Å². The molecule has 0 unspecified atom stereocenters. The number of hydrogen-bond donors (Lipinski definition) is 2. The topological polar surface area (TPSA) is 40.5 Å². The largest absolute Gasteiger partial charge is 0.508 e. The summed E-state index contributed by atoms with van der Waals surface area (Å²) in [5, 5.41) is 19.9. The molecule has 0 aromatic heterocycles. The molecule has 2 aromatic rings. The first-order chi connectivity index (χ1) is 8.67. The van der Waals surface area contributed by atoms with Crippen molar-refractivity contribution in [1.29, 1.82) is 0 Å². The van der Waals surface area contributed by atoms with Gasteiger partial charge in [0.25, 0.3) is 0 Å². The van der Waals surface area contributed by atoms with Crippen LogP contribution >= 0.6 is 0 Å². The molecule has 0 saturated heterocycles. The zero-order chi connectivity index (χ0) is 13.1. The highest BCUT2D eigenvalue weighted by molar-refractivity contribution is 5.73. The maximum absolute atomic E-state index is 10.4. The van der Waals surface area contributed by atoms with Crippen LogP contribution in [-0.2, 0) is 12.8 Å². The summed E-state index contributed by atoms with van der Waals surface area (Å²) in [6.45, 7) is 4.13. The molecule has 0 radical (unpaired) electrons. The minimum absolute atomic E-state index is 0.213. The van der Waals surface area contributed by atoms with Crippen LogP contribution in [0, 0.1) is 0 Å². The number of phenols is 2. The summed E-state index contributed by atoms with van der Waals surface area (Å²) in [5.41, 5.74) is 3.79. The quantitative estimate of drug-likeness (QED) is 0.857. The third-order valence-corrected chi connectivity index (χ3v) is 3.27. The van der Waals surface area contributed by atoms with Crippen LogP contribution in [0.15, 0.2) is 36.4 Å². The van der Waals surface area contributed by atoms with E-state index < -0.39 is 0 Å². The van der Waals surface area contributed by atoms with Crippen molar-refractivity contribution in [2.75, 3.05) is 0 Å². The lowest BCUT2D eigenvalue weighted by Gasteiger charge is -2.13. The molecule has 0 fully saturated rings. The first kappa shape index (κ1) is 12.5. The molecule has 0 aliphatic rings. The first-order valence-corrected chi connectivity index (χ1v) is 6.30. The Morgan fingerprint density at radius 3 is 2.33 bits per heavy atom. The lowest BCUT2D eigenvalue weighted by molar-refractivity contribution is 0.469. The van der Waals surface area contributed by atoms with Crippen LogP contribution in [0.1, 0.15) is 25.0 Å². The second kappa shape index (κ2) is 5.13. The average Bonchev–Trinajstić information content (AvgIpc) is 2.38. The molecule has 0 atom stereocenters. The van der Waals surface area contributed by atoms with Crippen LogP contribution in [0.5, 0.6) is 11.5 Å². The van der Waals surface area contributed by atoms with Crippen molar-refractivity contribution >= 4 is 0 Å². The van der Waals surface area contributed by atoms with Crippen LogP contribution in [-0.4, -0.2) is 10.2 Å². The van der Waals surface area contributed by atoms with Crippen molar-refractivity contribution in [3.05, 3.63) is 47.5 Å². The van der Waals surface area contributed by atoms with Gasteiger partial charge in [-0.05, 0) is 41.7 Å². The molecule has 0 aliphatic carbocycles. The van der Waals surface area contributed by atoms with E-state index in [0.717, 1.165) is 29.5 Å². The minimum atomic E-state index is 0.213. The fourth-order valence-electron chi connectivity index (χ4n) is 2.31. The summed E-state index contributed by atoms with van der Waals surface area (Å²) >= 11 is 0. The van der Waals surface area contributed by atoms with Gasteiger partial charge >= 0.3 is 0 Å². The third-order valence-electron chi connectivity index (χ3n) is 3.27. The Kier molecular flexibility index (Phi) is 3.56. The summed E-state index contributed by atoms with van der Waals surface area (Å²) < 4.78 is 0. The van der Waals surface area contributed by atoms with Gasteiger partial charge in [0.05, 0.1) is 0 Å². The summed E-state index contributed by atoms with van der Waals surface area (Å²) in [6.07, 6.45) is 1.72. The smallest absolute Gasteiger partial charge is 0.126 e. The fraction of sp³-hybridized carbons (Fsp3) is 0.250. The van der Waals surface area contributed by atoms with Crippen molar-refractivity contribution in [3.8, 4) is 22.6 Å². The van der Waals surface area contributed by atoms with Gasteiger partial charge in [0, 0.05) is 5.56 Å². The average molecular weight is 242 g/mol. The maximum Gasteiger partial charge on any atom is 0.126 e. The van der Waals surface area contributed by atoms with E-state index in [9.17, 15) is 10.2 Å². The van der Waals surface area contributed by atoms with E-state index >= 15 is 0 Å². The minimum Gasteiger partial charge on any atom is -0.508 e. The lowest BCUT2D eigenvalue weighted by atomic mass is 9.95. The van der Waals surface area contributed by atoms with Gasteiger partial charge in [0.2, 0.25) is 0 Å². The molecule has 0 bridgehead atoms. The van der Waals surface area contributed by atoms with E-state index in [1.165, 1.54) is 5.56 Å². The van der Waals surface area contributed by atoms with E-state index in [-0.39, 0.29) is 5.75 Å². The van der Waals surface area contributed by atoms with Crippen LogP contribution < -0.4 is 0 Å². The Morgan fingerprint density at radius 2 is 1.72 bits per heavy atom. The SMILES string of the molecule is CCc1ccc(-c2cccc(O)c2)c(O)c1CC. The van der Waals surface area contributed by atoms with Gasteiger partial charge in [-0.15, -0.1) is 0 Å². The molecule has 0 aliphatic heterocycles. The van der Waals surface area contributed by atoms with Gasteiger partial charge in [-0.3, -0.25) is 0 Å². The zero-order valence-corrected chi connectivity index (χ0v) is 10.8. The molecular weight excluding hydrogens is 224 g/mol. The number of hydrogen-bond acceptors (Lipinski definition) is 2. The van der Waals surface area contributed by atoms with Crippen molar-refractivity contribution in [2.45, 2.75) is 26.7 Å². The molecule has 0 spiro atoms. The van der Waals surface area contributed by atoms with Crippen molar-refractivity contribution in [1.82, 2.24) is 0 Å². The van der Waals surface area contributed by atoms with Gasteiger partial charge in [-0.25, -0.2) is 0 Å². The predicted octanol–water partition coefficient (Wildman–Crippen LogP) is 3.89. The van der Waals surface area contributed by atoms with Gasteiger partial charge in [0.1, 0.15) is 11.5 Å². The van der Waals surface area contributed by atoms with Crippen molar-refractivity contribution in [3.63, 3.8) is 0 Å². The highest BCUT2D eigenvalue weighted by Crippen LogP contribution is 2.35. The number of benzene rings is 2. The lowest BCUT2D eigenvalue weighted by Crippen LogP contribution is -1.93. The molecule has 2 N–H and O–H groups in total. The molecule has 0 amide bonds. The Morgan fingerprint density at radius 1 is 0.944 bits per heavy atom. The molecule has 18 heavy (non-hydrogen) atoms. The summed E-state index contributed by atoms with van der Waals surface area (Å²) in [6, 6.07) is 10.9. The van der Waals surface area contributed by atoms with E-state index in [1.54, 1.807) is 18.2 Å². The second-order valence-corrected chi connectivity index (χ2v) is 4.36. The number of rotatable bonds is 3. The summed E-state index contributed by atoms with van der Waals surface area (Å²) in [7, 11) is 0. The Labute approximate surface area is 108 Å². The highest BCUT2D eigenvalue weighted by atomic mass is 16.3. The number of aromatic hydroxyl groups is 2. The Hall–Kier alpha value is -1.96. The monoisotopic (exact) mass is 242 g/mol.